The Bertz CT molecular complexity index is 468. The van der Waals surface area contributed by atoms with Gasteiger partial charge in [-0.2, -0.15) is 0 Å². The van der Waals surface area contributed by atoms with Gasteiger partial charge in [-0.05, 0) is 36.8 Å². The summed E-state index contributed by atoms with van der Waals surface area (Å²) in [6.07, 6.45) is 4.54. The minimum absolute atomic E-state index is 0.165. The Kier molecular flexibility index (Phi) is 3.39. The molecule has 0 aromatic heterocycles. The maximum atomic E-state index is 6.11. The molecule has 19 heavy (non-hydrogen) atoms. The molecule has 1 aliphatic carbocycles. The molecule has 0 saturated heterocycles. The van der Waals surface area contributed by atoms with Crippen molar-refractivity contribution in [1.82, 2.24) is 0 Å². The molecule has 1 aliphatic rings. The SMILES string of the molecule is NC1CCC(c2ccccc2)(c2ccccc2)CC1. The number of hydrogen-bond acceptors (Lipinski definition) is 1. The molecule has 98 valence electrons. The van der Waals surface area contributed by atoms with Crippen LogP contribution >= 0.6 is 0 Å². The fourth-order valence-electron chi connectivity index (χ4n) is 3.39. The maximum Gasteiger partial charge on any atom is 0.0204 e. The lowest BCUT2D eigenvalue weighted by molar-refractivity contribution is 0.315. The van der Waals surface area contributed by atoms with Crippen molar-refractivity contribution >= 4 is 0 Å². The summed E-state index contributed by atoms with van der Waals surface area (Å²) in [5.41, 5.74) is 9.15. The van der Waals surface area contributed by atoms with Crippen LogP contribution in [0, 0.1) is 0 Å². The van der Waals surface area contributed by atoms with Gasteiger partial charge >= 0.3 is 0 Å². The monoisotopic (exact) mass is 251 g/mol. The lowest BCUT2D eigenvalue weighted by atomic mass is 9.64. The van der Waals surface area contributed by atoms with Crippen LogP contribution in [0.25, 0.3) is 0 Å². The van der Waals surface area contributed by atoms with Crippen molar-refractivity contribution in [3.05, 3.63) is 71.8 Å². The molecule has 2 N–H and O–H groups in total. The van der Waals surface area contributed by atoms with Crippen LogP contribution in [0.4, 0.5) is 0 Å². The molecule has 1 saturated carbocycles. The van der Waals surface area contributed by atoms with Crippen LogP contribution in [0.3, 0.4) is 0 Å². The zero-order chi connectivity index (χ0) is 13.1. The van der Waals surface area contributed by atoms with Crippen molar-refractivity contribution in [2.24, 2.45) is 5.73 Å². The van der Waals surface area contributed by atoms with Crippen LogP contribution in [0.1, 0.15) is 36.8 Å². The van der Waals surface area contributed by atoms with Gasteiger partial charge in [0.15, 0.2) is 0 Å². The topological polar surface area (TPSA) is 26.0 Å². The van der Waals surface area contributed by atoms with Crippen molar-refractivity contribution in [3.63, 3.8) is 0 Å². The fourth-order valence-corrected chi connectivity index (χ4v) is 3.39. The molecular weight excluding hydrogens is 230 g/mol. The third-order valence-electron chi connectivity index (χ3n) is 4.54. The summed E-state index contributed by atoms with van der Waals surface area (Å²) >= 11 is 0. The molecule has 1 nitrogen and oxygen atoms in total. The van der Waals surface area contributed by atoms with Crippen LogP contribution in [-0.4, -0.2) is 6.04 Å². The highest BCUT2D eigenvalue weighted by Gasteiger charge is 2.37. The van der Waals surface area contributed by atoms with Gasteiger partial charge in [0.25, 0.3) is 0 Å². The van der Waals surface area contributed by atoms with Gasteiger partial charge in [-0.15, -0.1) is 0 Å². The second-order valence-corrected chi connectivity index (χ2v) is 5.65. The largest absolute Gasteiger partial charge is 0.328 e. The minimum atomic E-state index is 0.165. The number of rotatable bonds is 2. The minimum Gasteiger partial charge on any atom is -0.328 e. The van der Waals surface area contributed by atoms with E-state index in [9.17, 15) is 0 Å². The summed E-state index contributed by atoms with van der Waals surface area (Å²) in [6, 6.07) is 22.2. The lowest BCUT2D eigenvalue weighted by Crippen LogP contribution is -2.37. The highest BCUT2D eigenvalue weighted by Crippen LogP contribution is 2.44. The van der Waals surface area contributed by atoms with Gasteiger partial charge in [0.1, 0.15) is 0 Å². The first-order chi connectivity index (χ1) is 9.31. The molecule has 0 bridgehead atoms. The zero-order valence-corrected chi connectivity index (χ0v) is 11.3. The third-order valence-corrected chi connectivity index (χ3v) is 4.54. The standard InChI is InChI=1S/C18H21N/c19-17-11-13-18(14-12-17,15-7-3-1-4-8-15)16-9-5-2-6-10-16/h1-10,17H,11-14,19H2. The number of nitrogens with two attached hydrogens (primary N) is 1. The summed E-state index contributed by atoms with van der Waals surface area (Å²) in [7, 11) is 0. The second kappa shape index (κ2) is 5.18. The van der Waals surface area contributed by atoms with Gasteiger partial charge in [0.2, 0.25) is 0 Å². The van der Waals surface area contributed by atoms with Crippen molar-refractivity contribution in [1.29, 1.82) is 0 Å². The average Bonchev–Trinajstić information content (AvgIpc) is 2.50. The van der Waals surface area contributed by atoms with Crippen molar-refractivity contribution in [2.75, 3.05) is 0 Å². The number of hydrogen-bond donors (Lipinski definition) is 1. The molecule has 0 heterocycles. The zero-order valence-electron chi connectivity index (χ0n) is 11.3. The molecule has 1 heteroatoms. The average molecular weight is 251 g/mol. The molecular formula is C18H21N. The summed E-state index contributed by atoms with van der Waals surface area (Å²) in [6.45, 7) is 0. The second-order valence-electron chi connectivity index (χ2n) is 5.65. The normalized spacial score (nSPS) is 19.2. The summed E-state index contributed by atoms with van der Waals surface area (Å²) in [5.74, 6) is 0. The lowest BCUT2D eigenvalue weighted by Gasteiger charge is -2.40. The van der Waals surface area contributed by atoms with E-state index in [1.54, 1.807) is 0 Å². The quantitative estimate of drug-likeness (QED) is 0.861. The van der Waals surface area contributed by atoms with Crippen molar-refractivity contribution in [3.8, 4) is 0 Å². The first-order valence-corrected chi connectivity index (χ1v) is 7.18. The third kappa shape index (κ3) is 2.31. The van der Waals surface area contributed by atoms with Crippen LogP contribution in [0.15, 0.2) is 60.7 Å². The van der Waals surface area contributed by atoms with Gasteiger partial charge in [-0.25, -0.2) is 0 Å². The Labute approximate surface area is 115 Å². The molecule has 3 rings (SSSR count). The number of benzene rings is 2. The summed E-state index contributed by atoms with van der Waals surface area (Å²) in [4.78, 5) is 0. The van der Waals surface area contributed by atoms with E-state index in [4.69, 9.17) is 5.73 Å². The van der Waals surface area contributed by atoms with Crippen LogP contribution in [0.2, 0.25) is 0 Å². The first kappa shape index (κ1) is 12.4. The molecule has 0 spiro atoms. The summed E-state index contributed by atoms with van der Waals surface area (Å²) < 4.78 is 0. The predicted octanol–water partition coefficient (Wildman–Crippen LogP) is 3.87. The molecule has 0 unspecified atom stereocenters. The highest BCUT2D eigenvalue weighted by molar-refractivity contribution is 5.39. The van der Waals surface area contributed by atoms with Crippen LogP contribution in [0.5, 0.6) is 0 Å². The summed E-state index contributed by atoms with van der Waals surface area (Å²) in [5, 5.41) is 0. The van der Waals surface area contributed by atoms with Gasteiger partial charge in [0.05, 0.1) is 0 Å². The van der Waals surface area contributed by atoms with E-state index < -0.39 is 0 Å². The molecule has 2 aromatic carbocycles. The highest BCUT2D eigenvalue weighted by atomic mass is 14.6. The fraction of sp³-hybridized carbons (Fsp3) is 0.333. The molecule has 0 atom stereocenters. The van der Waals surface area contributed by atoms with E-state index in [1.807, 2.05) is 0 Å². The predicted molar refractivity (Wildman–Crippen MR) is 80.1 cm³/mol. The molecule has 0 amide bonds. The van der Waals surface area contributed by atoms with Gasteiger partial charge in [-0.1, -0.05) is 60.7 Å². The Morgan fingerprint density at radius 1 is 0.737 bits per heavy atom. The Balaban J connectivity index is 2.06. The maximum absolute atomic E-state index is 6.11. The van der Waals surface area contributed by atoms with E-state index >= 15 is 0 Å². The first-order valence-electron chi connectivity index (χ1n) is 7.18. The van der Waals surface area contributed by atoms with Gasteiger partial charge in [-0.3, -0.25) is 0 Å². The van der Waals surface area contributed by atoms with E-state index in [0.29, 0.717) is 6.04 Å². The Morgan fingerprint density at radius 2 is 1.16 bits per heavy atom. The van der Waals surface area contributed by atoms with Gasteiger partial charge in [0, 0.05) is 11.5 Å². The van der Waals surface area contributed by atoms with Crippen LogP contribution < -0.4 is 5.73 Å². The molecule has 0 aliphatic heterocycles. The van der Waals surface area contributed by atoms with Crippen molar-refractivity contribution in [2.45, 2.75) is 37.1 Å². The Hall–Kier alpha value is -1.60. The smallest absolute Gasteiger partial charge is 0.0204 e. The molecule has 1 fully saturated rings. The van der Waals surface area contributed by atoms with Crippen molar-refractivity contribution < 1.29 is 0 Å². The van der Waals surface area contributed by atoms with Crippen LogP contribution in [-0.2, 0) is 5.41 Å². The molecule has 2 aromatic rings. The Morgan fingerprint density at radius 3 is 1.58 bits per heavy atom. The van der Waals surface area contributed by atoms with E-state index in [0.717, 1.165) is 25.7 Å². The van der Waals surface area contributed by atoms with E-state index in [-0.39, 0.29) is 5.41 Å². The van der Waals surface area contributed by atoms with E-state index in [1.165, 1.54) is 11.1 Å². The molecule has 0 radical (unpaired) electrons. The van der Waals surface area contributed by atoms with E-state index in [2.05, 4.69) is 60.7 Å². The van der Waals surface area contributed by atoms with Gasteiger partial charge < -0.3 is 5.73 Å².